The van der Waals surface area contributed by atoms with E-state index in [4.69, 9.17) is 0 Å². The van der Waals surface area contributed by atoms with Crippen LogP contribution in [0.3, 0.4) is 0 Å². The van der Waals surface area contributed by atoms with Gasteiger partial charge in [-0.25, -0.2) is 4.98 Å². The fourth-order valence-electron chi connectivity index (χ4n) is 3.50. The van der Waals surface area contributed by atoms with Gasteiger partial charge in [0.2, 0.25) is 11.8 Å². The third-order valence-corrected chi connectivity index (χ3v) is 4.78. The Labute approximate surface area is 141 Å². The molecule has 2 aromatic rings. The summed E-state index contributed by atoms with van der Waals surface area (Å²) in [5.41, 5.74) is 3.18. The molecule has 0 spiro atoms. The van der Waals surface area contributed by atoms with E-state index in [9.17, 15) is 9.59 Å². The van der Waals surface area contributed by atoms with Crippen LogP contribution >= 0.6 is 0 Å². The standard InChI is InChI=1S/C18H24N4O2/c1-4-14(22-10-6-9-16(22)23)18(24)19-11-15-20-13-8-5-7-12(2)17(13)21(15)3/h5,7-8,14H,4,6,9-11H2,1-3H3,(H,19,24). The molecule has 3 rings (SSSR count). The first-order valence-corrected chi connectivity index (χ1v) is 8.51. The lowest BCUT2D eigenvalue weighted by Gasteiger charge is -2.25. The number of benzene rings is 1. The molecule has 0 saturated carbocycles. The maximum atomic E-state index is 12.5. The molecule has 2 heterocycles. The van der Waals surface area contributed by atoms with Crippen LogP contribution < -0.4 is 5.32 Å². The first-order chi connectivity index (χ1) is 11.5. The van der Waals surface area contributed by atoms with Crippen molar-refractivity contribution in [3.8, 4) is 0 Å². The second-order valence-electron chi connectivity index (χ2n) is 6.36. The topological polar surface area (TPSA) is 67.2 Å². The fraction of sp³-hybridized carbons (Fsp3) is 0.500. The molecule has 0 radical (unpaired) electrons. The molecule has 1 unspecified atom stereocenters. The van der Waals surface area contributed by atoms with Crippen LogP contribution in [0, 0.1) is 6.92 Å². The zero-order valence-corrected chi connectivity index (χ0v) is 14.5. The maximum Gasteiger partial charge on any atom is 0.243 e. The van der Waals surface area contributed by atoms with Gasteiger partial charge in [0.05, 0.1) is 17.6 Å². The highest BCUT2D eigenvalue weighted by molar-refractivity contribution is 5.88. The molecule has 0 bridgehead atoms. The summed E-state index contributed by atoms with van der Waals surface area (Å²) in [6, 6.07) is 5.64. The number of fused-ring (bicyclic) bond motifs is 1. The average molecular weight is 328 g/mol. The van der Waals surface area contributed by atoms with Crippen molar-refractivity contribution in [1.29, 1.82) is 0 Å². The normalized spacial score (nSPS) is 16.0. The lowest BCUT2D eigenvalue weighted by Crippen LogP contribution is -2.47. The van der Waals surface area contributed by atoms with E-state index in [0.29, 0.717) is 25.9 Å². The van der Waals surface area contributed by atoms with E-state index < -0.39 is 0 Å². The van der Waals surface area contributed by atoms with Crippen molar-refractivity contribution >= 4 is 22.8 Å². The second kappa shape index (κ2) is 6.63. The van der Waals surface area contributed by atoms with Crippen LogP contribution in [0.5, 0.6) is 0 Å². The van der Waals surface area contributed by atoms with E-state index in [-0.39, 0.29) is 17.9 Å². The number of hydrogen-bond acceptors (Lipinski definition) is 3. The molecule has 6 heteroatoms. The number of carbonyl (C=O) groups excluding carboxylic acids is 2. The van der Waals surface area contributed by atoms with Crippen LogP contribution in [0.25, 0.3) is 11.0 Å². The molecule has 0 aliphatic carbocycles. The van der Waals surface area contributed by atoms with E-state index >= 15 is 0 Å². The Kier molecular flexibility index (Phi) is 4.55. The highest BCUT2D eigenvalue weighted by Gasteiger charge is 2.31. The van der Waals surface area contributed by atoms with Crippen molar-refractivity contribution in [2.45, 2.75) is 45.7 Å². The Morgan fingerprint density at radius 3 is 2.83 bits per heavy atom. The summed E-state index contributed by atoms with van der Waals surface area (Å²) in [4.78, 5) is 30.7. The highest BCUT2D eigenvalue weighted by atomic mass is 16.2. The number of likely N-dealkylation sites (tertiary alicyclic amines) is 1. The molecular weight excluding hydrogens is 304 g/mol. The number of nitrogens with one attached hydrogen (secondary N) is 1. The zero-order valence-electron chi connectivity index (χ0n) is 14.5. The van der Waals surface area contributed by atoms with Gasteiger partial charge in [0.1, 0.15) is 11.9 Å². The largest absolute Gasteiger partial charge is 0.347 e. The summed E-state index contributed by atoms with van der Waals surface area (Å²) in [6.45, 7) is 5.03. The molecule has 1 fully saturated rings. The molecule has 1 saturated heterocycles. The molecule has 1 atom stereocenters. The summed E-state index contributed by atoms with van der Waals surface area (Å²) in [6.07, 6.45) is 2.01. The predicted molar refractivity (Wildman–Crippen MR) is 92.3 cm³/mol. The molecular formula is C18H24N4O2. The van der Waals surface area contributed by atoms with Crippen LogP contribution in [-0.2, 0) is 23.2 Å². The number of hydrogen-bond donors (Lipinski definition) is 1. The lowest BCUT2D eigenvalue weighted by molar-refractivity contribution is -0.137. The molecule has 1 aromatic carbocycles. The molecule has 128 valence electrons. The third kappa shape index (κ3) is 2.88. The highest BCUT2D eigenvalue weighted by Crippen LogP contribution is 2.19. The summed E-state index contributed by atoms with van der Waals surface area (Å²) in [5, 5.41) is 2.95. The monoisotopic (exact) mass is 328 g/mol. The predicted octanol–water partition coefficient (Wildman–Crippen LogP) is 1.90. The number of nitrogens with zero attached hydrogens (tertiary/aromatic N) is 3. The van der Waals surface area contributed by atoms with Gasteiger partial charge in [-0.15, -0.1) is 0 Å². The number of carbonyl (C=O) groups is 2. The maximum absolute atomic E-state index is 12.5. The number of imidazole rings is 1. The number of para-hydroxylation sites is 1. The van der Waals surface area contributed by atoms with Crippen LogP contribution in [0.4, 0.5) is 0 Å². The first kappa shape index (κ1) is 16.5. The molecule has 2 amide bonds. The van der Waals surface area contributed by atoms with E-state index in [1.54, 1.807) is 4.90 Å². The van der Waals surface area contributed by atoms with Crippen LogP contribution in [-0.4, -0.2) is 38.9 Å². The van der Waals surface area contributed by atoms with Gasteiger partial charge in [-0.05, 0) is 31.4 Å². The average Bonchev–Trinajstić information content (AvgIpc) is 3.11. The van der Waals surface area contributed by atoms with Crippen molar-refractivity contribution < 1.29 is 9.59 Å². The van der Waals surface area contributed by atoms with Gasteiger partial charge in [-0.2, -0.15) is 0 Å². The Morgan fingerprint density at radius 2 is 2.21 bits per heavy atom. The van der Waals surface area contributed by atoms with Gasteiger partial charge in [-0.1, -0.05) is 19.1 Å². The Balaban J connectivity index is 1.73. The Morgan fingerprint density at radius 1 is 1.42 bits per heavy atom. The van der Waals surface area contributed by atoms with E-state index in [1.807, 2.05) is 30.7 Å². The zero-order chi connectivity index (χ0) is 17.3. The summed E-state index contributed by atoms with van der Waals surface area (Å²) >= 11 is 0. The van der Waals surface area contributed by atoms with Crippen molar-refractivity contribution in [2.75, 3.05) is 6.54 Å². The van der Waals surface area contributed by atoms with Crippen molar-refractivity contribution in [1.82, 2.24) is 19.8 Å². The van der Waals surface area contributed by atoms with Gasteiger partial charge in [0.25, 0.3) is 0 Å². The van der Waals surface area contributed by atoms with Gasteiger partial charge in [0.15, 0.2) is 0 Å². The SMILES string of the molecule is CCC(C(=O)NCc1nc2cccc(C)c2n1C)N1CCCC1=O. The third-order valence-electron chi connectivity index (χ3n) is 4.78. The molecule has 24 heavy (non-hydrogen) atoms. The van der Waals surface area contributed by atoms with Crippen molar-refractivity contribution in [3.05, 3.63) is 29.6 Å². The molecule has 1 aliphatic heterocycles. The first-order valence-electron chi connectivity index (χ1n) is 8.51. The van der Waals surface area contributed by atoms with Crippen molar-refractivity contribution in [3.63, 3.8) is 0 Å². The molecule has 1 aliphatic rings. The van der Waals surface area contributed by atoms with E-state index in [0.717, 1.165) is 28.8 Å². The minimum Gasteiger partial charge on any atom is -0.347 e. The molecule has 1 aromatic heterocycles. The molecule has 1 N–H and O–H groups in total. The van der Waals surface area contributed by atoms with Gasteiger partial charge >= 0.3 is 0 Å². The number of aryl methyl sites for hydroxylation is 2. The lowest BCUT2D eigenvalue weighted by atomic mass is 10.2. The van der Waals surface area contributed by atoms with Gasteiger partial charge in [-0.3, -0.25) is 9.59 Å². The Hall–Kier alpha value is -2.37. The van der Waals surface area contributed by atoms with E-state index in [1.165, 1.54) is 0 Å². The van der Waals surface area contributed by atoms with E-state index in [2.05, 4.69) is 23.3 Å². The van der Waals surface area contributed by atoms with Crippen LogP contribution in [0.15, 0.2) is 18.2 Å². The number of rotatable bonds is 5. The summed E-state index contributed by atoms with van der Waals surface area (Å²) in [5.74, 6) is 0.794. The summed E-state index contributed by atoms with van der Waals surface area (Å²) in [7, 11) is 1.96. The number of aromatic nitrogens is 2. The van der Waals surface area contributed by atoms with Gasteiger partial charge < -0.3 is 14.8 Å². The quantitative estimate of drug-likeness (QED) is 0.911. The Bertz CT molecular complexity index is 781. The van der Waals surface area contributed by atoms with Crippen LogP contribution in [0.2, 0.25) is 0 Å². The van der Waals surface area contributed by atoms with Crippen molar-refractivity contribution in [2.24, 2.45) is 7.05 Å². The molecule has 6 nitrogen and oxygen atoms in total. The van der Waals surface area contributed by atoms with Crippen LogP contribution in [0.1, 0.15) is 37.6 Å². The van der Waals surface area contributed by atoms with Gasteiger partial charge in [0, 0.05) is 20.0 Å². The second-order valence-corrected chi connectivity index (χ2v) is 6.36. The summed E-state index contributed by atoms with van der Waals surface area (Å²) < 4.78 is 2.02. The smallest absolute Gasteiger partial charge is 0.243 e. The fourth-order valence-corrected chi connectivity index (χ4v) is 3.50. The minimum atomic E-state index is -0.378. The number of amides is 2. The minimum absolute atomic E-state index is 0.0790.